The first-order valence-corrected chi connectivity index (χ1v) is 6.69. The van der Waals surface area contributed by atoms with E-state index < -0.39 is 0 Å². The van der Waals surface area contributed by atoms with Crippen molar-refractivity contribution in [3.05, 3.63) is 17.7 Å². The number of nitrogens with zero attached hydrogens (tertiary/aromatic N) is 2. The number of hydrogen-bond acceptors (Lipinski definition) is 2. The first-order valence-electron chi connectivity index (χ1n) is 6.69. The Kier molecular flexibility index (Phi) is 3.57. The topological polar surface area (TPSA) is 38.0 Å². The second-order valence-corrected chi connectivity index (χ2v) is 5.78. The number of rotatable bonds is 2. The van der Waals surface area contributed by atoms with Crippen LogP contribution in [0.5, 0.6) is 0 Å². The molecule has 3 unspecified atom stereocenters. The van der Waals surface area contributed by atoms with E-state index in [1.54, 1.807) is 0 Å². The van der Waals surface area contributed by atoms with Gasteiger partial charge in [0.15, 0.2) is 0 Å². The van der Waals surface area contributed by atoms with Gasteiger partial charge in [-0.15, -0.1) is 0 Å². The zero-order chi connectivity index (χ0) is 12.6. The quantitative estimate of drug-likeness (QED) is 0.857. The van der Waals surface area contributed by atoms with Crippen molar-refractivity contribution in [3.63, 3.8) is 0 Å². The van der Waals surface area contributed by atoms with Crippen LogP contribution >= 0.6 is 0 Å². The van der Waals surface area contributed by atoms with Crippen LogP contribution in [0.1, 0.15) is 50.7 Å². The van der Waals surface area contributed by atoms with E-state index in [1.807, 2.05) is 6.92 Å². The summed E-state index contributed by atoms with van der Waals surface area (Å²) in [4.78, 5) is 4.49. The molecule has 1 aromatic rings. The molecule has 1 N–H and O–H groups in total. The standard InChI is InChI=1S/C14H24N2O/c1-9(2)13-6-5-12(17)7-14(13)16-8-10(3)15-11(16)4/h8-9,12-14,17H,5-7H2,1-4H3. The van der Waals surface area contributed by atoms with Gasteiger partial charge >= 0.3 is 0 Å². The van der Waals surface area contributed by atoms with Crippen LogP contribution in [0.2, 0.25) is 0 Å². The molecule has 1 aliphatic rings. The van der Waals surface area contributed by atoms with Crippen molar-refractivity contribution < 1.29 is 5.11 Å². The van der Waals surface area contributed by atoms with Crippen molar-refractivity contribution in [2.75, 3.05) is 0 Å². The summed E-state index contributed by atoms with van der Waals surface area (Å²) >= 11 is 0. The number of aliphatic hydroxyl groups is 1. The zero-order valence-electron chi connectivity index (χ0n) is 11.3. The van der Waals surface area contributed by atoms with E-state index in [4.69, 9.17) is 0 Å². The van der Waals surface area contributed by atoms with Crippen molar-refractivity contribution in [2.45, 2.75) is 59.1 Å². The summed E-state index contributed by atoms with van der Waals surface area (Å²) in [6.07, 6.45) is 4.94. The lowest BCUT2D eigenvalue weighted by molar-refractivity contribution is 0.0561. The lowest BCUT2D eigenvalue weighted by Crippen LogP contribution is -2.33. The van der Waals surface area contributed by atoms with Crippen LogP contribution in [-0.2, 0) is 0 Å². The third kappa shape index (κ3) is 2.54. The molecule has 1 fully saturated rings. The summed E-state index contributed by atoms with van der Waals surface area (Å²) in [7, 11) is 0. The predicted molar refractivity (Wildman–Crippen MR) is 68.9 cm³/mol. The summed E-state index contributed by atoms with van der Waals surface area (Å²) in [5.74, 6) is 2.40. The zero-order valence-corrected chi connectivity index (χ0v) is 11.3. The van der Waals surface area contributed by atoms with Crippen LogP contribution in [0.25, 0.3) is 0 Å². The molecule has 1 heterocycles. The van der Waals surface area contributed by atoms with Gasteiger partial charge in [-0.25, -0.2) is 4.98 Å². The van der Waals surface area contributed by atoms with E-state index in [9.17, 15) is 5.11 Å². The van der Waals surface area contributed by atoms with Crippen LogP contribution < -0.4 is 0 Å². The Hall–Kier alpha value is -0.830. The van der Waals surface area contributed by atoms with E-state index in [2.05, 4.69) is 36.5 Å². The number of aromatic nitrogens is 2. The molecule has 0 spiro atoms. The molecule has 2 rings (SSSR count). The van der Waals surface area contributed by atoms with E-state index in [1.165, 1.54) is 0 Å². The van der Waals surface area contributed by atoms with Crippen LogP contribution in [-0.4, -0.2) is 20.8 Å². The van der Waals surface area contributed by atoms with Crippen molar-refractivity contribution in [1.29, 1.82) is 0 Å². The molecule has 1 saturated carbocycles. The fourth-order valence-electron chi connectivity index (χ4n) is 3.22. The molecular formula is C14H24N2O. The number of aliphatic hydroxyl groups excluding tert-OH is 1. The highest BCUT2D eigenvalue weighted by molar-refractivity contribution is 5.04. The van der Waals surface area contributed by atoms with Gasteiger partial charge in [0.25, 0.3) is 0 Å². The Labute approximate surface area is 104 Å². The van der Waals surface area contributed by atoms with Crippen LogP contribution in [0.3, 0.4) is 0 Å². The monoisotopic (exact) mass is 236 g/mol. The van der Waals surface area contributed by atoms with E-state index >= 15 is 0 Å². The summed E-state index contributed by atoms with van der Waals surface area (Å²) < 4.78 is 2.28. The second-order valence-electron chi connectivity index (χ2n) is 5.78. The minimum absolute atomic E-state index is 0.142. The minimum atomic E-state index is -0.142. The molecule has 0 saturated heterocycles. The summed E-state index contributed by atoms with van der Waals surface area (Å²) in [5.41, 5.74) is 1.07. The second kappa shape index (κ2) is 4.81. The summed E-state index contributed by atoms with van der Waals surface area (Å²) in [5, 5.41) is 9.90. The average Bonchev–Trinajstić information content (AvgIpc) is 2.57. The van der Waals surface area contributed by atoms with Gasteiger partial charge in [0.2, 0.25) is 0 Å². The number of imidazole rings is 1. The van der Waals surface area contributed by atoms with Crippen molar-refractivity contribution in [3.8, 4) is 0 Å². The maximum Gasteiger partial charge on any atom is 0.106 e. The molecule has 1 aliphatic carbocycles. The largest absolute Gasteiger partial charge is 0.393 e. The first-order chi connectivity index (χ1) is 7.99. The Morgan fingerprint density at radius 2 is 2.06 bits per heavy atom. The van der Waals surface area contributed by atoms with Crippen molar-refractivity contribution in [2.24, 2.45) is 11.8 Å². The number of hydrogen-bond donors (Lipinski definition) is 1. The molecule has 0 radical (unpaired) electrons. The van der Waals surface area contributed by atoms with Gasteiger partial charge < -0.3 is 9.67 Å². The van der Waals surface area contributed by atoms with Gasteiger partial charge in [0.1, 0.15) is 5.82 Å². The smallest absolute Gasteiger partial charge is 0.106 e. The minimum Gasteiger partial charge on any atom is -0.393 e. The molecule has 96 valence electrons. The molecule has 1 aromatic heterocycles. The maximum absolute atomic E-state index is 9.90. The third-order valence-corrected chi connectivity index (χ3v) is 4.09. The van der Waals surface area contributed by atoms with E-state index in [0.717, 1.165) is 30.8 Å². The molecular weight excluding hydrogens is 212 g/mol. The van der Waals surface area contributed by atoms with Crippen LogP contribution in [0, 0.1) is 25.7 Å². The van der Waals surface area contributed by atoms with E-state index in [-0.39, 0.29) is 6.10 Å². The molecule has 0 aromatic carbocycles. The highest BCUT2D eigenvalue weighted by Gasteiger charge is 2.33. The Bertz CT molecular complexity index is 384. The van der Waals surface area contributed by atoms with E-state index in [0.29, 0.717) is 17.9 Å². The molecule has 0 bridgehead atoms. The van der Waals surface area contributed by atoms with Gasteiger partial charge in [-0.3, -0.25) is 0 Å². The Morgan fingerprint density at radius 3 is 2.59 bits per heavy atom. The molecule has 3 nitrogen and oxygen atoms in total. The number of aryl methyl sites for hydroxylation is 2. The normalized spacial score (nSPS) is 29.9. The van der Waals surface area contributed by atoms with Gasteiger partial charge in [0.05, 0.1) is 11.8 Å². The lowest BCUT2D eigenvalue weighted by atomic mass is 9.76. The molecule has 0 amide bonds. The maximum atomic E-state index is 9.90. The van der Waals surface area contributed by atoms with Gasteiger partial charge in [-0.05, 0) is 44.9 Å². The van der Waals surface area contributed by atoms with Crippen molar-refractivity contribution in [1.82, 2.24) is 9.55 Å². The molecule has 3 heteroatoms. The van der Waals surface area contributed by atoms with Gasteiger partial charge in [0, 0.05) is 12.2 Å². The fourth-order valence-corrected chi connectivity index (χ4v) is 3.22. The van der Waals surface area contributed by atoms with Gasteiger partial charge in [-0.1, -0.05) is 13.8 Å². The molecule has 17 heavy (non-hydrogen) atoms. The molecule has 3 atom stereocenters. The average molecular weight is 236 g/mol. The predicted octanol–water partition coefficient (Wildman–Crippen LogP) is 2.86. The highest BCUT2D eigenvalue weighted by atomic mass is 16.3. The van der Waals surface area contributed by atoms with Crippen molar-refractivity contribution >= 4 is 0 Å². The fraction of sp³-hybridized carbons (Fsp3) is 0.786. The lowest BCUT2D eigenvalue weighted by Gasteiger charge is -2.38. The SMILES string of the molecule is Cc1cn(C2CC(O)CCC2C(C)C)c(C)n1. The van der Waals surface area contributed by atoms with Crippen LogP contribution in [0.15, 0.2) is 6.20 Å². The summed E-state index contributed by atoms with van der Waals surface area (Å²) in [6, 6.07) is 0.417. The first kappa shape index (κ1) is 12.6. The summed E-state index contributed by atoms with van der Waals surface area (Å²) in [6.45, 7) is 8.67. The Balaban J connectivity index is 2.28. The molecule has 0 aliphatic heterocycles. The van der Waals surface area contributed by atoms with Gasteiger partial charge in [-0.2, -0.15) is 0 Å². The third-order valence-electron chi connectivity index (χ3n) is 4.09. The highest BCUT2D eigenvalue weighted by Crippen LogP contribution is 2.39. The Morgan fingerprint density at radius 1 is 1.35 bits per heavy atom. The van der Waals surface area contributed by atoms with Crippen LogP contribution in [0.4, 0.5) is 0 Å².